The molecule has 1 aromatic carbocycles. The Labute approximate surface area is 97.6 Å². The first-order valence-corrected chi connectivity index (χ1v) is 6.47. The van der Waals surface area contributed by atoms with Crippen molar-refractivity contribution in [1.29, 1.82) is 0 Å². The van der Waals surface area contributed by atoms with Gasteiger partial charge in [0.15, 0.2) is 5.58 Å². The number of hydrogen-bond donors (Lipinski definition) is 2. The molecule has 4 nitrogen and oxygen atoms in total. The van der Waals surface area contributed by atoms with E-state index in [-0.39, 0.29) is 0 Å². The molecule has 0 spiro atoms. The Morgan fingerprint density at radius 3 is 3.25 bits per heavy atom. The number of nitrogens with zero attached hydrogens (tertiary/aromatic N) is 1. The van der Waals surface area contributed by atoms with Gasteiger partial charge in [-0.2, -0.15) is 16.7 Å². The van der Waals surface area contributed by atoms with E-state index in [1.165, 1.54) is 12.2 Å². The fourth-order valence-electron chi connectivity index (χ4n) is 1.83. The monoisotopic (exact) mass is 235 g/mol. The number of hydrogen-bond acceptors (Lipinski definition) is 5. The topological polar surface area (TPSA) is 64.1 Å². The highest BCUT2D eigenvalue weighted by molar-refractivity contribution is 7.99. The molecule has 0 radical (unpaired) electrons. The van der Waals surface area contributed by atoms with Gasteiger partial charge in [0.05, 0.1) is 0 Å². The van der Waals surface area contributed by atoms with E-state index in [2.05, 4.69) is 10.3 Å². The zero-order chi connectivity index (χ0) is 11.0. The molecule has 0 saturated carbocycles. The maximum Gasteiger partial charge on any atom is 0.295 e. The van der Waals surface area contributed by atoms with Gasteiger partial charge in [0.1, 0.15) is 5.52 Å². The number of nitrogens with one attached hydrogen (secondary N) is 1. The Morgan fingerprint density at radius 1 is 1.50 bits per heavy atom. The van der Waals surface area contributed by atoms with E-state index in [0.29, 0.717) is 17.7 Å². The molecular formula is C11H13N3OS. The van der Waals surface area contributed by atoms with Gasteiger partial charge in [-0.3, -0.25) is 0 Å². The van der Waals surface area contributed by atoms with E-state index < -0.39 is 0 Å². The summed E-state index contributed by atoms with van der Waals surface area (Å²) < 4.78 is 5.60. The normalized spacial score (nSPS) is 20.4. The molecule has 1 unspecified atom stereocenters. The molecule has 3 rings (SSSR count). The van der Waals surface area contributed by atoms with Crippen LogP contribution >= 0.6 is 11.8 Å². The van der Waals surface area contributed by atoms with Crippen LogP contribution in [0.4, 0.5) is 11.7 Å². The molecule has 1 aromatic heterocycles. The van der Waals surface area contributed by atoms with E-state index in [0.717, 1.165) is 16.9 Å². The molecular weight excluding hydrogens is 222 g/mol. The van der Waals surface area contributed by atoms with Crippen molar-refractivity contribution in [2.45, 2.75) is 12.5 Å². The standard InChI is InChI=1S/C11H13N3OS/c12-7-1-2-10-9(5-7)14-11(15-10)13-8-3-4-16-6-8/h1-2,5,8H,3-4,6,12H2,(H,13,14). The second kappa shape index (κ2) is 3.90. The van der Waals surface area contributed by atoms with Gasteiger partial charge in [-0.1, -0.05) is 0 Å². The Bertz CT molecular complexity index is 505. The lowest BCUT2D eigenvalue weighted by Crippen LogP contribution is -2.18. The number of fused-ring (bicyclic) bond motifs is 1. The van der Waals surface area contributed by atoms with E-state index in [4.69, 9.17) is 10.2 Å². The number of rotatable bonds is 2. The molecule has 2 aromatic rings. The Hall–Kier alpha value is -1.36. The van der Waals surface area contributed by atoms with Gasteiger partial charge in [0, 0.05) is 17.5 Å². The fraction of sp³-hybridized carbons (Fsp3) is 0.364. The van der Waals surface area contributed by atoms with Gasteiger partial charge in [0.2, 0.25) is 0 Å². The van der Waals surface area contributed by atoms with E-state index >= 15 is 0 Å². The van der Waals surface area contributed by atoms with Crippen LogP contribution in [0, 0.1) is 0 Å². The first kappa shape index (κ1) is 9.84. The van der Waals surface area contributed by atoms with Crippen molar-refractivity contribution in [1.82, 2.24) is 4.98 Å². The maximum atomic E-state index is 5.69. The molecule has 3 N–H and O–H groups in total. The minimum atomic E-state index is 0.482. The third kappa shape index (κ3) is 1.82. The Balaban J connectivity index is 1.86. The molecule has 0 amide bonds. The lowest BCUT2D eigenvalue weighted by molar-refractivity contribution is 0.601. The van der Waals surface area contributed by atoms with Crippen molar-refractivity contribution in [3.63, 3.8) is 0 Å². The van der Waals surface area contributed by atoms with Crippen molar-refractivity contribution in [2.24, 2.45) is 0 Å². The average molecular weight is 235 g/mol. The molecule has 1 aliphatic rings. The van der Waals surface area contributed by atoms with E-state index in [1.54, 1.807) is 0 Å². The predicted octanol–water partition coefficient (Wildman–Crippen LogP) is 2.33. The number of oxazole rings is 1. The summed E-state index contributed by atoms with van der Waals surface area (Å²) in [4.78, 5) is 4.37. The van der Waals surface area contributed by atoms with Crippen molar-refractivity contribution >= 4 is 34.6 Å². The van der Waals surface area contributed by atoms with Crippen LogP contribution in [0.5, 0.6) is 0 Å². The molecule has 2 heterocycles. The predicted molar refractivity (Wildman–Crippen MR) is 67.8 cm³/mol. The number of aromatic nitrogens is 1. The molecule has 84 valence electrons. The lowest BCUT2D eigenvalue weighted by Gasteiger charge is -2.07. The van der Waals surface area contributed by atoms with Crippen LogP contribution in [0.3, 0.4) is 0 Å². The first-order chi connectivity index (χ1) is 7.81. The quantitative estimate of drug-likeness (QED) is 0.782. The number of anilines is 2. The second-order valence-electron chi connectivity index (χ2n) is 3.95. The van der Waals surface area contributed by atoms with Crippen LogP contribution in [-0.4, -0.2) is 22.5 Å². The van der Waals surface area contributed by atoms with Gasteiger partial charge in [-0.05, 0) is 30.4 Å². The summed E-state index contributed by atoms with van der Waals surface area (Å²) in [7, 11) is 0. The third-order valence-electron chi connectivity index (χ3n) is 2.67. The molecule has 1 saturated heterocycles. The minimum absolute atomic E-state index is 0.482. The zero-order valence-corrected chi connectivity index (χ0v) is 9.59. The Kier molecular flexibility index (Phi) is 2.40. The molecule has 1 fully saturated rings. The van der Waals surface area contributed by atoms with Crippen LogP contribution in [0.1, 0.15) is 6.42 Å². The molecule has 1 aliphatic heterocycles. The SMILES string of the molecule is Nc1ccc2oc(NC3CCSC3)nc2c1. The highest BCUT2D eigenvalue weighted by Crippen LogP contribution is 2.24. The maximum absolute atomic E-state index is 5.69. The number of nitrogen functional groups attached to an aromatic ring is 1. The van der Waals surface area contributed by atoms with Crippen LogP contribution < -0.4 is 11.1 Å². The lowest BCUT2D eigenvalue weighted by atomic mass is 10.3. The second-order valence-corrected chi connectivity index (χ2v) is 5.10. The van der Waals surface area contributed by atoms with Crippen molar-refractivity contribution in [2.75, 3.05) is 22.6 Å². The van der Waals surface area contributed by atoms with Crippen LogP contribution in [0.25, 0.3) is 11.1 Å². The minimum Gasteiger partial charge on any atom is -0.424 e. The summed E-state index contributed by atoms with van der Waals surface area (Å²) in [6.45, 7) is 0. The smallest absolute Gasteiger partial charge is 0.295 e. The number of nitrogens with two attached hydrogens (primary N) is 1. The summed E-state index contributed by atoms with van der Waals surface area (Å²) in [5.41, 5.74) is 8.00. The summed E-state index contributed by atoms with van der Waals surface area (Å²) in [5, 5.41) is 3.31. The average Bonchev–Trinajstić information content (AvgIpc) is 2.86. The Morgan fingerprint density at radius 2 is 2.44 bits per heavy atom. The summed E-state index contributed by atoms with van der Waals surface area (Å²) in [5.74, 6) is 2.34. The van der Waals surface area contributed by atoms with E-state index in [1.807, 2.05) is 30.0 Å². The summed E-state index contributed by atoms with van der Waals surface area (Å²) in [6, 6.07) is 6.59. The summed E-state index contributed by atoms with van der Waals surface area (Å²) >= 11 is 1.96. The largest absolute Gasteiger partial charge is 0.424 e. The fourth-order valence-corrected chi connectivity index (χ4v) is 2.98. The highest BCUT2D eigenvalue weighted by atomic mass is 32.2. The van der Waals surface area contributed by atoms with E-state index in [9.17, 15) is 0 Å². The third-order valence-corrected chi connectivity index (χ3v) is 3.83. The van der Waals surface area contributed by atoms with Crippen molar-refractivity contribution in [3.8, 4) is 0 Å². The van der Waals surface area contributed by atoms with Gasteiger partial charge in [0.25, 0.3) is 6.01 Å². The van der Waals surface area contributed by atoms with Gasteiger partial charge >= 0.3 is 0 Å². The van der Waals surface area contributed by atoms with Gasteiger partial charge < -0.3 is 15.5 Å². The van der Waals surface area contributed by atoms with Crippen LogP contribution in [-0.2, 0) is 0 Å². The molecule has 16 heavy (non-hydrogen) atoms. The number of thioether (sulfide) groups is 1. The van der Waals surface area contributed by atoms with Crippen molar-refractivity contribution < 1.29 is 4.42 Å². The van der Waals surface area contributed by atoms with Crippen LogP contribution in [0.15, 0.2) is 22.6 Å². The molecule has 5 heteroatoms. The number of benzene rings is 1. The highest BCUT2D eigenvalue weighted by Gasteiger charge is 2.17. The first-order valence-electron chi connectivity index (χ1n) is 5.31. The zero-order valence-electron chi connectivity index (χ0n) is 8.77. The molecule has 0 aliphatic carbocycles. The molecule has 0 bridgehead atoms. The van der Waals surface area contributed by atoms with Gasteiger partial charge in [-0.15, -0.1) is 0 Å². The van der Waals surface area contributed by atoms with Gasteiger partial charge in [-0.25, -0.2) is 0 Å². The van der Waals surface area contributed by atoms with Crippen molar-refractivity contribution in [3.05, 3.63) is 18.2 Å². The summed E-state index contributed by atoms with van der Waals surface area (Å²) in [6.07, 6.45) is 1.17. The molecule has 1 atom stereocenters. The van der Waals surface area contributed by atoms with Crippen LogP contribution in [0.2, 0.25) is 0 Å².